The highest BCUT2D eigenvalue weighted by atomic mass is 35.5. The first-order valence-corrected chi connectivity index (χ1v) is 11.7. The number of likely N-dealkylation sites (N-methyl/N-ethyl adjacent to an activating group) is 1. The number of benzene rings is 2. The molecule has 6 heteroatoms. The van der Waals surface area contributed by atoms with Crippen molar-refractivity contribution in [2.75, 3.05) is 14.2 Å². The van der Waals surface area contributed by atoms with Gasteiger partial charge >= 0.3 is 0 Å². The van der Waals surface area contributed by atoms with Gasteiger partial charge in [-0.05, 0) is 66.6 Å². The van der Waals surface area contributed by atoms with Crippen LogP contribution in [0.25, 0.3) is 6.08 Å². The summed E-state index contributed by atoms with van der Waals surface area (Å²) in [7, 11) is 3.25. The van der Waals surface area contributed by atoms with Gasteiger partial charge in [-0.1, -0.05) is 41.9 Å². The fourth-order valence-corrected chi connectivity index (χ4v) is 5.36. The predicted molar refractivity (Wildman–Crippen MR) is 129 cm³/mol. The Bertz CT molecular complexity index is 1170. The summed E-state index contributed by atoms with van der Waals surface area (Å²) in [4.78, 5) is 30.3. The summed E-state index contributed by atoms with van der Waals surface area (Å²) in [5.41, 5.74) is 0.645. The number of nitrogens with zero attached hydrogens (tertiary/aromatic N) is 1. The van der Waals surface area contributed by atoms with Crippen molar-refractivity contribution >= 4 is 40.7 Å². The molecule has 0 spiro atoms. The van der Waals surface area contributed by atoms with Crippen LogP contribution in [0.2, 0.25) is 5.02 Å². The van der Waals surface area contributed by atoms with E-state index in [4.69, 9.17) is 16.3 Å². The number of ether oxygens (including phenoxy) is 1. The Morgan fingerprint density at radius 1 is 1.16 bits per heavy atom. The molecule has 2 aromatic carbocycles. The number of ketones is 1. The average molecular weight is 466 g/mol. The third-order valence-corrected chi connectivity index (χ3v) is 7.17. The topological polar surface area (TPSA) is 46.6 Å². The summed E-state index contributed by atoms with van der Waals surface area (Å²) in [6, 6.07) is 18.2. The number of carbonyl (C=O) groups is 2. The number of amides is 1. The van der Waals surface area contributed by atoms with Gasteiger partial charge in [-0.25, -0.2) is 0 Å². The number of carbonyl (C=O) groups excluding carboxylic acids is 2. The molecule has 1 unspecified atom stereocenters. The van der Waals surface area contributed by atoms with Gasteiger partial charge in [0.2, 0.25) is 0 Å². The molecule has 1 fully saturated rings. The predicted octanol–water partition coefficient (Wildman–Crippen LogP) is 6.21. The van der Waals surface area contributed by atoms with E-state index >= 15 is 0 Å². The highest BCUT2D eigenvalue weighted by Crippen LogP contribution is 2.45. The van der Waals surface area contributed by atoms with Crippen LogP contribution < -0.4 is 4.74 Å². The van der Waals surface area contributed by atoms with Crippen molar-refractivity contribution in [3.05, 3.63) is 92.6 Å². The van der Waals surface area contributed by atoms with Crippen molar-refractivity contribution in [2.45, 2.75) is 24.8 Å². The largest absolute Gasteiger partial charge is 0.497 e. The van der Waals surface area contributed by atoms with E-state index < -0.39 is 5.54 Å². The zero-order valence-corrected chi connectivity index (χ0v) is 19.6. The number of halogens is 1. The van der Waals surface area contributed by atoms with Crippen molar-refractivity contribution in [1.29, 1.82) is 0 Å². The highest BCUT2D eigenvalue weighted by Gasteiger charge is 2.50. The molecule has 0 bridgehead atoms. The van der Waals surface area contributed by atoms with Gasteiger partial charge in [0.1, 0.15) is 11.3 Å². The quantitative estimate of drug-likeness (QED) is 0.420. The molecule has 164 valence electrons. The minimum Gasteiger partial charge on any atom is -0.497 e. The van der Waals surface area contributed by atoms with Gasteiger partial charge in [-0.15, -0.1) is 11.3 Å². The Morgan fingerprint density at radius 3 is 2.69 bits per heavy atom. The lowest BCUT2D eigenvalue weighted by Gasteiger charge is -2.44. The zero-order chi connectivity index (χ0) is 22.7. The minimum absolute atomic E-state index is 0.0796. The minimum atomic E-state index is -1.18. The maximum atomic E-state index is 14.1. The molecule has 1 heterocycles. The molecule has 1 aliphatic rings. The van der Waals surface area contributed by atoms with E-state index in [9.17, 15) is 9.59 Å². The molecular weight excluding hydrogens is 442 g/mol. The van der Waals surface area contributed by atoms with Crippen LogP contribution in [-0.2, 0) is 10.3 Å². The van der Waals surface area contributed by atoms with E-state index in [0.717, 1.165) is 11.3 Å². The van der Waals surface area contributed by atoms with Gasteiger partial charge in [0.15, 0.2) is 5.78 Å². The van der Waals surface area contributed by atoms with Gasteiger partial charge in [0, 0.05) is 28.1 Å². The molecule has 3 aromatic rings. The van der Waals surface area contributed by atoms with E-state index in [2.05, 4.69) is 0 Å². The maximum Gasteiger partial charge on any atom is 0.254 e. The Hall–Kier alpha value is -2.89. The number of Topliss-reactive ketones (excluding diaryl/α,β-unsaturated/α-hetero) is 1. The number of hydrogen-bond donors (Lipinski definition) is 0. The van der Waals surface area contributed by atoms with Crippen LogP contribution in [0.1, 0.15) is 40.1 Å². The Kier molecular flexibility index (Phi) is 6.49. The van der Waals surface area contributed by atoms with Crippen LogP contribution in [0.4, 0.5) is 0 Å². The van der Waals surface area contributed by atoms with E-state index in [1.807, 2.05) is 41.8 Å². The molecule has 0 N–H and O–H groups in total. The van der Waals surface area contributed by atoms with E-state index in [-0.39, 0.29) is 11.7 Å². The van der Waals surface area contributed by atoms with Crippen LogP contribution >= 0.6 is 22.9 Å². The first-order valence-electron chi connectivity index (χ1n) is 10.4. The van der Waals surface area contributed by atoms with Gasteiger partial charge in [-0.2, -0.15) is 0 Å². The third kappa shape index (κ3) is 3.98. The molecule has 1 aromatic heterocycles. The number of methoxy groups -OCH3 is 1. The summed E-state index contributed by atoms with van der Waals surface area (Å²) >= 11 is 8.20. The summed E-state index contributed by atoms with van der Waals surface area (Å²) in [5, 5.41) is 2.46. The summed E-state index contributed by atoms with van der Waals surface area (Å²) in [6.45, 7) is 0. The molecule has 4 nitrogen and oxygen atoms in total. The second-order valence-corrected chi connectivity index (χ2v) is 9.19. The van der Waals surface area contributed by atoms with Crippen LogP contribution in [0.3, 0.4) is 0 Å². The van der Waals surface area contributed by atoms with Crippen LogP contribution in [0.15, 0.2) is 71.6 Å². The second kappa shape index (κ2) is 9.31. The average Bonchev–Trinajstić information content (AvgIpc) is 3.33. The Balaban J connectivity index is 1.84. The lowest BCUT2D eigenvalue weighted by atomic mass is 9.71. The highest BCUT2D eigenvalue weighted by molar-refractivity contribution is 7.10. The fourth-order valence-electron chi connectivity index (χ4n) is 4.39. The molecule has 1 atom stereocenters. The standard InChI is InChI=1S/C26H24ClNO3S/c1-28(25(30)19-8-5-10-20(16-19)31-2)26(22-12-3-4-13-23(22)27)14-6-9-18(24(26)29)17-21-11-7-15-32-21/h3-5,7-8,10-13,15-17H,6,9,14H2,1-2H3/b18-17-. The van der Waals surface area contributed by atoms with E-state index in [1.54, 1.807) is 60.7 Å². The maximum absolute atomic E-state index is 14.1. The molecular formula is C26H24ClNO3S. The smallest absolute Gasteiger partial charge is 0.254 e. The van der Waals surface area contributed by atoms with Crippen LogP contribution in [-0.4, -0.2) is 30.7 Å². The van der Waals surface area contributed by atoms with Gasteiger partial charge in [-0.3, -0.25) is 9.59 Å². The zero-order valence-electron chi connectivity index (χ0n) is 18.0. The number of thiophene rings is 1. The summed E-state index contributed by atoms with van der Waals surface area (Å²) in [5.74, 6) is 0.253. The molecule has 1 saturated carbocycles. The van der Waals surface area contributed by atoms with E-state index in [1.165, 1.54) is 0 Å². The lowest BCUT2D eigenvalue weighted by molar-refractivity contribution is -0.128. The fraction of sp³-hybridized carbons (Fsp3) is 0.231. The Labute approximate surface area is 197 Å². The molecule has 0 aliphatic heterocycles. The first kappa shape index (κ1) is 22.3. The normalized spacial score (nSPS) is 19.7. The van der Waals surface area contributed by atoms with Crippen LogP contribution in [0.5, 0.6) is 5.75 Å². The molecule has 0 radical (unpaired) electrons. The van der Waals surface area contributed by atoms with Crippen molar-refractivity contribution < 1.29 is 14.3 Å². The first-order chi connectivity index (χ1) is 15.5. The Morgan fingerprint density at radius 2 is 1.97 bits per heavy atom. The lowest BCUT2D eigenvalue weighted by Crippen LogP contribution is -2.55. The molecule has 32 heavy (non-hydrogen) atoms. The molecule has 1 aliphatic carbocycles. The third-order valence-electron chi connectivity index (χ3n) is 6.02. The number of rotatable bonds is 5. The monoisotopic (exact) mass is 465 g/mol. The van der Waals surface area contributed by atoms with Crippen molar-refractivity contribution in [3.63, 3.8) is 0 Å². The van der Waals surface area contributed by atoms with E-state index in [0.29, 0.717) is 40.3 Å². The van der Waals surface area contributed by atoms with Gasteiger partial charge in [0.25, 0.3) is 5.91 Å². The van der Waals surface area contributed by atoms with Crippen molar-refractivity contribution in [1.82, 2.24) is 4.90 Å². The SMILES string of the molecule is COc1cccc(C(=O)N(C)C2(c3ccccc3Cl)CCC/C(=C/c3cccs3)C2=O)c1. The second-order valence-electron chi connectivity index (χ2n) is 7.80. The number of hydrogen-bond acceptors (Lipinski definition) is 4. The van der Waals surface area contributed by atoms with Crippen molar-refractivity contribution in [2.24, 2.45) is 0 Å². The summed E-state index contributed by atoms with van der Waals surface area (Å²) < 4.78 is 5.29. The molecule has 4 rings (SSSR count). The summed E-state index contributed by atoms with van der Waals surface area (Å²) in [6.07, 6.45) is 3.89. The van der Waals surface area contributed by atoms with Gasteiger partial charge in [0.05, 0.1) is 7.11 Å². The van der Waals surface area contributed by atoms with Crippen molar-refractivity contribution in [3.8, 4) is 5.75 Å². The molecule has 1 amide bonds. The van der Waals surface area contributed by atoms with Gasteiger partial charge < -0.3 is 9.64 Å². The van der Waals surface area contributed by atoms with Crippen LogP contribution in [0, 0.1) is 0 Å². The molecule has 0 saturated heterocycles.